The standard InChI is InChI=1S/C20H19ClFNO4/c1-26-15-8-5-14(6-9-15)7-10-19(24)23-12-11-20(25)27-13-16-17(21)3-2-4-18(16)22/h2-10H,11-13H2,1H3,(H,23,24)/b10-7+. The fraction of sp³-hybridized carbons (Fsp3) is 0.200. The Morgan fingerprint density at radius 1 is 1.19 bits per heavy atom. The summed E-state index contributed by atoms with van der Waals surface area (Å²) in [5, 5.41) is 2.77. The van der Waals surface area contributed by atoms with E-state index in [1.807, 2.05) is 12.1 Å². The summed E-state index contributed by atoms with van der Waals surface area (Å²) in [4.78, 5) is 23.4. The topological polar surface area (TPSA) is 64.6 Å². The number of methoxy groups -OCH3 is 1. The number of ether oxygens (including phenoxy) is 2. The molecule has 5 nitrogen and oxygen atoms in total. The summed E-state index contributed by atoms with van der Waals surface area (Å²) >= 11 is 5.86. The number of nitrogens with one attached hydrogen (secondary N) is 1. The van der Waals surface area contributed by atoms with Crippen molar-refractivity contribution in [3.8, 4) is 5.75 Å². The number of hydrogen-bond acceptors (Lipinski definition) is 4. The van der Waals surface area contributed by atoms with Gasteiger partial charge in [0.25, 0.3) is 0 Å². The van der Waals surface area contributed by atoms with Gasteiger partial charge in [-0.1, -0.05) is 29.8 Å². The van der Waals surface area contributed by atoms with Crippen LogP contribution in [0.1, 0.15) is 17.5 Å². The Hall–Kier alpha value is -2.86. The summed E-state index contributed by atoms with van der Waals surface area (Å²) in [6, 6.07) is 11.4. The van der Waals surface area contributed by atoms with Gasteiger partial charge in [-0.3, -0.25) is 9.59 Å². The third kappa shape index (κ3) is 6.75. The largest absolute Gasteiger partial charge is 0.497 e. The third-order valence-electron chi connectivity index (χ3n) is 3.61. The quantitative estimate of drug-likeness (QED) is 0.550. The Labute approximate surface area is 161 Å². The molecule has 0 atom stereocenters. The van der Waals surface area contributed by atoms with E-state index >= 15 is 0 Å². The molecule has 0 unspecified atom stereocenters. The van der Waals surface area contributed by atoms with Crippen LogP contribution in [-0.2, 0) is 20.9 Å². The van der Waals surface area contributed by atoms with Gasteiger partial charge >= 0.3 is 5.97 Å². The van der Waals surface area contributed by atoms with Gasteiger partial charge in [0.05, 0.1) is 18.6 Å². The molecule has 2 aromatic rings. The van der Waals surface area contributed by atoms with Gasteiger partial charge in [0, 0.05) is 18.2 Å². The summed E-state index contributed by atoms with van der Waals surface area (Å²) in [5.41, 5.74) is 0.964. The van der Waals surface area contributed by atoms with Crippen LogP contribution in [0.5, 0.6) is 5.75 Å². The van der Waals surface area contributed by atoms with E-state index in [0.717, 1.165) is 11.3 Å². The molecule has 0 aromatic heterocycles. The lowest BCUT2D eigenvalue weighted by Crippen LogP contribution is -2.24. The molecular formula is C20H19ClFNO4. The molecule has 142 valence electrons. The zero-order chi connectivity index (χ0) is 19.6. The average Bonchev–Trinajstić information content (AvgIpc) is 2.66. The Morgan fingerprint density at radius 3 is 2.59 bits per heavy atom. The van der Waals surface area contributed by atoms with Crippen molar-refractivity contribution in [3.05, 3.63) is 70.5 Å². The highest BCUT2D eigenvalue weighted by Crippen LogP contribution is 2.19. The van der Waals surface area contributed by atoms with Crippen LogP contribution >= 0.6 is 11.6 Å². The molecule has 0 saturated carbocycles. The van der Waals surface area contributed by atoms with Gasteiger partial charge in [-0.15, -0.1) is 0 Å². The molecule has 0 aliphatic heterocycles. The van der Waals surface area contributed by atoms with Crippen LogP contribution in [0.15, 0.2) is 48.5 Å². The highest BCUT2D eigenvalue weighted by Gasteiger charge is 2.10. The van der Waals surface area contributed by atoms with Gasteiger partial charge in [-0.2, -0.15) is 0 Å². The van der Waals surface area contributed by atoms with Crippen molar-refractivity contribution in [2.24, 2.45) is 0 Å². The van der Waals surface area contributed by atoms with E-state index in [1.54, 1.807) is 25.3 Å². The normalized spacial score (nSPS) is 10.6. The van der Waals surface area contributed by atoms with E-state index in [1.165, 1.54) is 24.3 Å². The van der Waals surface area contributed by atoms with Crippen molar-refractivity contribution in [2.75, 3.05) is 13.7 Å². The summed E-state index contributed by atoms with van der Waals surface area (Å²) in [5.74, 6) is -0.705. The number of rotatable bonds is 8. The maximum Gasteiger partial charge on any atom is 0.307 e. The molecular weight excluding hydrogens is 373 g/mol. The molecule has 0 aliphatic carbocycles. The van der Waals surface area contributed by atoms with E-state index in [0.29, 0.717) is 0 Å². The molecule has 1 amide bonds. The Kier molecular flexibility index (Phi) is 7.82. The average molecular weight is 392 g/mol. The summed E-state index contributed by atoms with van der Waals surface area (Å²) < 4.78 is 23.6. The fourth-order valence-corrected chi connectivity index (χ4v) is 2.35. The lowest BCUT2D eigenvalue weighted by molar-refractivity contribution is -0.144. The van der Waals surface area contributed by atoms with E-state index in [4.69, 9.17) is 21.1 Å². The number of esters is 1. The monoisotopic (exact) mass is 391 g/mol. The first kappa shape index (κ1) is 20.5. The van der Waals surface area contributed by atoms with E-state index in [9.17, 15) is 14.0 Å². The van der Waals surface area contributed by atoms with Crippen molar-refractivity contribution in [1.82, 2.24) is 5.32 Å². The van der Waals surface area contributed by atoms with Crippen LogP contribution < -0.4 is 10.1 Å². The number of carbonyl (C=O) groups is 2. The summed E-state index contributed by atoms with van der Waals surface area (Å²) in [6.07, 6.45) is 2.98. The lowest BCUT2D eigenvalue weighted by Gasteiger charge is -2.07. The van der Waals surface area contributed by atoms with Crippen molar-refractivity contribution in [3.63, 3.8) is 0 Å². The second kappa shape index (κ2) is 10.3. The third-order valence-corrected chi connectivity index (χ3v) is 3.96. The van der Waals surface area contributed by atoms with Crippen molar-refractivity contribution in [2.45, 2.75) is 13.0 Å². The molecule has 27 heavy (non-hydrogen) atoms. The molecule has 0 radical (unpaired) electrons. The fourth-order valence-electron chi connectivity index (χ4n) is 2.13. The molecule has 0 fully saturated rings. The van der Waals surface area contributed by atoms with E-state index in [-0.39, 0.29) is 36.1 Å². The minimum atomic E-state index is -0.561. The molecule has 0 spiro atoms. The number of carbonyl (C=O) groups excluding carboxylic acids is 2. The van der Waals surface area contributed by atoms with Crippen molar-refractivity contribution >= 4 is 29.6 Å². The van der Waals surface area contributed by atoms with Gasteiger partial charge in [0.15, 0.2) is 0 Å². The number of halogens is 2. The molecule has 0 aliphatic rings. The van der Waals surface area contributed by atoms with Crippen LogP contribution in [0.4, 0.5) is 4.39 Å². The van der Waals surface area contributed by atoms with Crippen LogP contribution in [-0.4, -0.2) is 25.5 Å². The molecule has 2 aromatic carbocycles. The number of amides is 1. The number of benzene rings is 2. The second-order valence-electron chi connectivity index (χ2n) is 5.51. The van der Waals surface area contributed by atoms with Crippen LogP contribution in [0.3, 0.4) is 0 Å². The molecule has 0 bridgehead atoms. The van der Waals surface area contributed by atoms with E-state index < -0.39 is 11.8 Å². The Balaban J connectivity index is 1.71. The Bertz CT molecular complexity index is 801. The first-order valence-electron chi connectivity index (χ1n) is 8.18. The van der Waals surface area contributed by atoms with E-state index in [2.05, 4.69) is 5.32 Å². The van der Waals surface area contributed by atoms with Crippen LogP contribution in [0, 0.1) is 5.82 Å². The SMILES string of the molecule is COc1ccc(/C=C/C(=O)NCCC(=O)OCc2c(F)cccc2Cl)cc1. The summed E-state index contributed by atoms with van der Waals surface area (Å²) in [6.45, 7) is -0.148. The van der Waals surface area contributed by atoms with Gasteiger partial charge in [-0.25, -0.2) is 4.39 Å². The summed E-state index contributed by atoms with van der Waals surface area (Å²) in [7, 11) is 1.58. The predicted octanol–water partition coefficient (Wildman–Crippen LogP) is 3.75. The first-order chi connectivity index (χ1) is 13.0. The lowest BCUT2D eigenvalue weighted by atomic mass is 10.2. The second-order valence-corrected chi connectivity index (χ2v) is 5.92. The van der Waals surface area contributed by atoms with Gasteiger partial charge in [0.2, 0.25) is 5.91 Å². The minimum absolute atomic E-state index is 0.0335. The maximum atomic E-state index is 13.6. The van der Waals surface area contributed by atoms with Crippen molar-refractivity contribution < 1.29 is 23.5 Å². The molecule has 7 heteroatoms. The zero-order valence-electron chi connectivity index (χ0n) is 14.7. The van der Waals surface area contributed by atoms with Gasteiger partial charge in [0.1, 0.15) is 18.2 Å². The molecule has 2 rings (SSSR count). The molecule has 1 N–H and O–H groups in total. The first-order valence-corrected chi connectivity index (χ1v) is 8.56. The zero-order valence-corrected chi connectivity index (χ0v) is 15.5. The number of hydrogen-bond donors (Lipinski definition) is 1. The van der Waals surface area contributed by atoms with Crippen LogP contribution in [0.2, 0.25) is 5.02 Å². The van der Waals surface area contributed by atoms with Gasteiger partial charge in [-0.05, 0) is 35.9 Å². The molecule has 0 heterocycles. The smallest absolute Gasteiger partial charge is 0.307 e. The van der Waals surface area contributed by atoms with Crippen molar-refractivity contribution in [1.29, 1.82) is 0 Å². The molecule has 0 saturated heterocycles. The highest BCUT2D eigenvalue weighted by atomic mass is 35.5. The van der Waals surface area contributed by atoms with Gasteiger partial charge < -0.3 is 14.8 Å². The Morgan fingerprint density at radius 2 is 1.93 bits per heavy atom. The maximum absolute atomic E-state index is 13.6. The minimum Gasteiger partial charge on any atom is -0.497 e. The predicted molar refractivity (Wildman–Crippen MR) is 101 cm³/mol. The highest BCUT2D eigenvalue weighted by molar-refractivity contribution is 6.31. The van der Waals surface area contributed by atoms with Crippen LogP contribution in [0.25, 0.3) is 6.08 Å².